The Kier molecular flexibility index (Phi) is 5.08. The molecule has 1 aromatic rings. The van der Waals surface area contributed by atoms with Crippen molar-refractivity contribution in [1.82, 2.24) is 9.97 Å². The van der Waals surface area contributed by atoms with Gasteiger partial charge in [-0.15, -0.1) is 0 Å². The van der Waals surface area contributed by atoms with Crippen molar-refractivity contribution in [2.75, 3.05) is 13.2 Å². The molecule has 0 atom stereocenters. The predicted molar refractivity (Wildman–Crippen MR) is 72.3 cm³/mol. The average Bonchev–Trinajstić information content (AvgIpc) is 3.12. The Morgan fingerprint density at radius 2 is 2.11 bits per heavy atom. The summed E-state index contributed by atoms with van der Waals surface area (Å²) in [7, 11) is 0. The zero-order chi connectivity index (χ0) is 13.1. The molecule has 1 saturated carbocycles. The van der Waals surface area contributed by atoms with E-state index in [0.29, 0.717) is 23.3 Å². The molecule has 100 valence electrons. The summed E-state index contributed by atoms with van der Waals surface area (Å²) >= 11 is 8.18. The quantitative estimate of drug-likeness (QED) is 0.425. The van der Waals surface area contributed by atoms with E-state index in [0.717, 1.165) is 22.1 Å². The molecule has 0 unspecified atom stereocenters. The van der Waals surface area contributed by atoms with Crippen LogP contribution in [0.5, 0.6) is 0 Å². The summed E-state index contributed by atoms with van der Waals surface area (Å²) < 4.78 is 29.5. The molecule has 1 fully saturated rings. The summed E-state index contributed by atoms with van der Waals surface area (Å²) in [5.74, 6) is 1.05. The Morgan fingerprint density at radius 3 is 2.72 bits per heavy atom. The first-order chi connectivity index (χ1) is 8.58. The van der Waals surface area contributed by atoms with E-state index >= 15 is 0 Å². The molecule has 7 heteroatoms. The minimum atomic E-state index is -2.44. The maximum absolute atomic E-state index is 11.9. The fourth-order valence-corrected chi connectivity index (χ4v) is 2.43. The van der Waals surface area contributed by atoms with Gasteiger partial charge in [-0.3, -0.25) is 0 Å². The van der Waals surface area contributed by atoms with E-state index < -0.39 is 13.0 Å². The molecule has 2 rings (SSSR count). The third-order valence-corrected chi connectivity index (χ3v) is 4.22. The molecule has 1 aliphatic carbocycles. The molecule has 3 nitrogen and oxygen atoms in total. The third-order valence-electron chi connectivity index (χ3n) is 2.56. The monoisotopic (exact) mass is 388 g/mol. The number of aromatic nitrogens is 2. The molecule has 0 N–H and O–H groups in total. The van der Waals surface area contributed by atoms with Crippen LogP contribution in [-0.2, 0) is 11.2 Å². The highest BCUT2D eigenvalue weighted by atomic mass is 127. The lowest BCUT2D eigenvalue weighted by molar-refractivity contribution is 0.0182. The number of rotatable bonds is 6. The highest BCUT2D eigenvalue weighted by Crippen LogP contribution is 2.42. The summed E-state index contributed by atoms with van der Waals surface area (Å²) in [6.07, 6.45) is 0.228. The van der Waals surface area contributed by atoms with Crippen LogP contribution in [0.3, 0.4) is 0 Å². The molecule has 0 aromatic carbocycles. The van der Waals surface area contributed by atoms with Gasteiger partial charge >= 0.3 is 0 Å². The van der Waals surface area contributed by atoms with Crippen molar-refractivity contribution in [2.45, 2.75) is 31.6 Å². The largest absolute Gasteiger partial charge is 0.375 e. The van der Waals surface area contributed by atoms with E-state index in [1.54, 1.807) is 0 Å². The highest BCUT2D eigenvalue weighted by molar-refractivity contribution is 14.1. The molecule has 1 heterocycles. The number of nitrogens with zero attached hydrogens (tertiary/aromatic N) is 2. The van der Waals surface area contributed by atoms with Crippen molar-refractivity contribution >= 4 is 34.2 Å². The molecule has 0 bridgehead atoms. The molecule has 0 spiro atoms. The van der Waals surface area contributed by atoms with Gasteiger partial charge in [0.05, 0.1) is 15.9 Å². The first kappa shape index (κ1) is 14.3. The Morgan fingerprint density at radius 1 is 1.39 bits per heavy atom. The van der Waals surface area contributed by atoms with Crippen LogP contribution in [0.2, 0.25) is 5.15 Å². The van der Waals surface area contributed by atoms with Crippen molar-refractivity contribution < 1.29 is 13.5 Å². The maximum Gasteiger partial charge on any atom is 0.261 e. The summed E-state index contributed by atoms with van der Waals surface area (Å²) in [4.78, 5) is 8.58. The van der Waals surface area contributed by atoms with E-state index in [4.69, 9.17) is 16.3 Å². The Hall–Kier alpha value is -0.0800. The smallest absolute Gasteiger partial charge is 0.261 e. The second kappa shape index (κ2) is 6.38. The molecule has 0 saturated heterocycles. The van der Waals surface area contributed by atoms with E-state index in [-0.39, 0.29) is 6.61 Å². The molecular weight excluding hydrogens is 376 g/mol. The number of halogens is 4. The molecule has 1 aliphatic rings. The van der Waals surface area contributed by atoms with E-state index in [9.17, 15) is 8.78 Å². The van der Waals surface area contributed by atoms with Crippen LogP contribution in [0.4, 0.5) is 8.78 Å². The zero-order valence-electron chi connectivity index (χ0n) is 9.50. The van der Waals surface area contributed by atoms with Gasteiger partial charge in [0.15, 0.2) is 0 Å². The standard InChI is InChI=1S/C11H12ClF2IN2O/c12-11-9(15)10(6-1-2-6)16-8(17-11)3-4-18-5-7(13)14/h6-7H,1-5H2. The maximum atomic E-state index is 11.9. The van der Waals surface area contributed by atoms with Crippen molar-refractivity contribution in [3.63, 3.8) is 0 Å². The summed E-state index contributed by atoms with van der Waals surface area (Å²) in [6.45, 7) is -0.362. The summed E-state index contributed by atoms with van der Waals surface area (Å²) in [6, 6.07) is 0. The minimum absolute atomic E-state index is 0.186. The van der Waals surface area contributed by atoms with Crippen molar-refractivity contribution in [3.8, 4) is 0 Å². The number of hydrogen-bond acceptors (Lipinski definition) is 3. The van der Waals surface area contributed by atoms with Crippen LogP contribution in [0.1, 0.15) is 30.3 Å². The number of alkyl halides is 2. The normalized spacial score (nSPS) is 15.4. The predicted octanol–water partition coefficient (Wildman–Crippen LogP) is 3.44. The van der Waals surface area contributed by atoms with Gasteiger partial charge in [0.1, 0.15) is 17.6 Å². The van der Waals surface area contributed by atoms with Gasteiger partial charge in [0.2, 0.25) is 0 Å². The first-order valence-electron chi connectivity index (χ1n) is 5.65. The van der Waals surface area contributed by atoms with Gasteiger partial charge in [-0.05, 0) is 35.4 Å². The van der Waals surface area contributed by atoms with Crippen molar-refractivity contribution in [3.05, 3.63) is 20.2 Å². The van der Waals surface area contributed by atoms with Gasteiger partial charge in [-0.25, -0.2) is 18.7 Å². The zero-order valence-corrected chi connectivity index (χ0v) is 12.4. The fraction of sp³-hybridized carbons (Fsp3) is 0.636. The van der Waals surface area contributed by atoms with Crippen molar-refractivity contribution in [1.29, 1.82) is 0 Å². The fourth-order valence-electron chi connectivity index (χ4n) is 1.56. The van der Waals surface area contributed by atoms with Gasteiger partial charge in [-0.2, -0.15) is 0 Å². The Balaban J connectivity index is 1.96. The highest BCUT2D eigenvalue weighted by Gasteiger charge is 2.29. The van der Waals surface area contributed by atoms with E-state index in [1.807, 2.05) is 0 Å². The Labute approximate surface area is 122 Å². The van der Waals surface area contributed by atoms with E-state index in [2.05, 4.69) is 32.6 Å². The second-order valence-electron chi connectivity index (χ2n) is 4.12. The lowest BCUT2D eigenvalue weighted by Crippen LogP contribution is -2.10. The van der Waals surface area contributed by atoms with Crippen LogP contribution in [0.25, 0.3) is 0 Å². The van der Waals surface area contributed by atoms with Gasteiger partial charge in [0.25, 0.3) is 6.43 Å². The second-order valence-corrected chi connectivity index (χ2v) is 5.56. The van der Waals surface area contributed by atoms with Crippen molar-refractivity contribution in [2.24, 2.45) is 0 Å². The summed E-state index contributed by atoms with van der Waals surface area (Å²) in [5, 5.41) is 0.441. The van der Waals surface area contributed by atoms with Crippen LogP contribution < -0.4 is 0 Å². The lowest BCUT2D eigenvalue weighted by Gasteiger charge is -2.07. The molecule has 0 aliphatic heterocycles. The van der Waals surface area contributed by atoms with Gasteiger partial charge in [0, 0.05) is 12.3 Å². The van der Waals surface area contributed by atoms with Gasteiger partial charge in [-0.1, -0.05) is 11.6 Å². The molecule has 0 amide bonds. The van der Waals surface area contributed by atoms with Crippen LogP contribution in [0, 0.1) is 3.57 Å². The SMILES string of the molecule is FC(F)COCCc1nc(Cl)c(I)c(C2CC2)n1. The molecule has 0 radical (unpaired) electrons. The molecular formula is C11H12ClF2IN2O. The average molecular weight is 389 g/mol. The van der Waals surface area contributed by atoms with Crippen LogP contribution >= 0.6 is 34.2 Å². The third kappa shape index (κ3) is 3.96. The Bertz CT molecular complexity index is 430. The molecule has 1 aromatic heterocycles. The lowest BCUT2D eigenvalue weighted by atomic mass is 10.3. The van der Waals surface area contributed by atoms with E-state index in [1.165, 1.54) is 0 Å². The van der Waals surface area contributed by atoms with Crippen LogP contribution in [-0.4, -0.2) is 29.6 Å². The van der Waals surface area contributed by atoms with Crippen LogP contribution in [0.15, 0.2) is 0 Å². The summed E-state index contributed by atoms with van der Waals surface area (Å²) in [5.41, 5.74) is 0.986. The number of ether oxygens (including phenoxy) is 1. The molecule has 18 heavy (non-hydrogen) atoms. The minimum Gasteiger partial charge on any atom is -0.375 e. The number of hydrogen-bond donors (Lipinski definition) is 0. The topological polar surface area (TPSA) is 35.0 Å². The van der Waals surface area contributed by atoms with Gasteiger partial charge < -0.3 is 4.74 Å². The first-order valence-corrected chi connectivity index (χ1v) is 7.11.